The molecule has 0 bridgehead atoms. The number of halogens is 3. The number of carbonyl (C=O) groups is 3. The average Bonchev–Trinajstić information content (AvgIpc) is 1.63. The number of nitrogens with one attached hydrogen (secondary N) is 4. The highest BCUT2D eigenvalue weighted by atomic mass is 35.5. The fourth-order valence-electron chi connectivity index (χ4n) is 13.9. The third-order valence-electron chi connectivity index (χ3n) is 19.3. The van der Waals surface area contributed by atoms with Crippen LogP contribution in [0.5, 0.6) is 0 Å². The molecule has 0 saturated carbocycles. The summed E-state index contributed by atoms with van der Waals surface area (Å²) in [5, 5.41) is 23.1. The van der Waals surface area contributed by atoms with Crippen LogP contribution in [0, 0.1) is 11.6 Å². The van der Waals surface area contributed by atoms with E-state index in [1.165, 1.54) is 84.0 Å². The Balaban J connectivity index is 0.000000172. The van der Waals surface area contributed by atoms with Crippen LogP contribution in [0.4, 0.5) is 8.78 Å². The van der Waals surface area contributed by atoms with Gasteiger partial charge in [-0.3, -0.25) is 19.3 Å². The molecule has 0 aromatic heterocycles. The molecule has 5 atom stereocenters. The normalized spacial score (nSPS) is 17.4. The highest BCUT2D eigenvalue weighted by Crippen LogP contribution is 2.34. The van der Waals surface area contributed by atoms with Gasteiger partial charge in [0.25, 0.3) is 0 Å². The summed E-state index contributed by atoms with van der Waals surface area (Å²) in [6.07, 6.45) is 12.0. The number of ether oxygens (including phenoxy) is 3. The number of aliphatic carboxylic acids is 1. The molecule has 12 rings (SSSR count). The van der Waals surface area contributed by atoms with E-state index < -0.39 is 5.97 Å². The summed E-state index contributed by atoms with van der Waals surface area (Å²) in [5.41, 5.74) is 11.7. The number of aryl methyl sites for hydroxylation is 3. The summed E-state index contributed by atoms with van der Waals surface area (Å²) in [7, 11) is 1.46. The van der Waals surface area contributed by atoms with Crippen LogP contribution in [0.15, 0.2) is 212 Å². The molecule has 8 aromatic rings. The Bertz CT molecular complexity index is 3670. The van der Waals surface area contributed by atoms with E-state index in [-0.39, 0.29) is 71.6 Å². The molecule has 0 radical (unpaired) electrons. The average molecular weight is 1440 g/mol. The molecule has 5 N–H and O–H groups in total. The van der Waals surface area contributed by atoms with Gasteiger partial charge in [-0.2, -0.15) is 0 Å². The lowest BCUT2D eigenvalue weighted by molar-refractivity contribution is -0.143. The Labute approximate surface area is 622 Å². The Morgan fingerprint density at radius 2 is 1.21 bits per heavy atom. The number of rotatable bonds is 25. The number of unbranched alkanes of at least 4 members (excludes halogenated alkanes) is 3. The first-order valence-electron chi connectivity index (χ1n) is 37.5. The monoisotopic (exact) mass is 1440 g/mol. The lowest BCUT2D eigenvalue weighted by atomic mass is 9.86. The van der Waals surface area contributed by atoms with E-state index in [2.05, 4.69) is 141 Å². The number of ketones is 1. The topological polar surface area (TPSA) is 154 Å². The first-order valence-corrected chi connectivity index (χ1v) is 37.9. The fourth-order valence-corrected chi connectivity index (χ4v) is 14.1. The molecule has 3 fully saturated rings. The molecule has 0 amide bonds. The number of carboxylic acids is 1. The standard InChI is InChI=1S/C28H32F2N2O.C22H27NO2.C14H19NO2.C13H18ClNO.C11H15NO/c29-26-12-8-24(9-13-26)28(25-10-14-27(30)15-11-25)33-22-21-32-19-17-31(18-20-32)16-4-7-23-5-2-1-3-6-23;24-21(25)13-3-1-2-8-16-23-22-19-11-6-4-9-17(19)14-15-18-10-5-7-12-20(18)22;1-17-14(16)13(11-7-3-2-4-8-11)12-9-5-6-10-15-12;1-9(15-13(2,3)4)12(16)10-6-5-7-11(14)8-10;1-9-11(13-8-7-12-9)10-5-3-2-4-6-10/h1-3,5-6,8-15,28H,4,7,16-22H2;4-7,9-12,22-23H,1-3,8,13-16H2,(H,24,25);2-4,7-8,12-13,15H,5-6,9-10H2,1H3;5-9,15H,1-4H3;2-6,9,11-12H,7-8H2,1H3. The molecule has 0 spiro atoms. The van der Waals surface area contributed by atoms with E-state index in [1.807, 2.05) is 64.1 Å². The number of piperazine rings is 1. The lowest BCUT2D eigenvalue weighted by Crippen LogP contribution is -2.47. The van der Waals surface area contributed by atoms with Crippen molar-refractivity contribution in [3.05, 3.63) is 285 Å². The van der Waals surface area contributed by atoms with Crippen LogP contribution in [-0.2, 0) is 43.1 Å². The van der Waals surface area contributed by atoms with Crippen molar-refractivity contribution in [1.29, 1.82) is 0 Å². The van der Waals surface area contributed by atoms with Gasteiger partial charge in [-0.1, -0.05) is 207 Å². The number of carbonyl (C=O) groups excluding carboxylic acids is 2. The third kappa shape index (κ3) is 27.9. The van der Waals surface area contributed by atoms with Crippen molar-refractivity contribution < 1.29 is 42.5 Å². The number of carboxylic acid groups (broad SMARTS) is 1. The Hall–Kier alpha value is -7.80. The maximum atomic E-state index is 13.4. The van der Waals surface area contributed by atoms with Gasteiger partial charge in [0, 0.05) is 73.9 Å². The van der Waals surface area contributed by atoms with Crippen LogP contribution >= 0.6 is 11.6 Å². The Morgan fingerprint density at radius 1 is 0.644 bits per heavy atom. The van der Waals surface area contributed by atoms with Crippen LogP contribution < -0.4 is 21.3 Å². The van der Waals surface area contributed by atoms with E-state index in [4.69, 9.17) is 30.9 Å². The smallest absolute Gasteiger partial charge is 0.314 e. The van der Waals surface area contributed by atoms with Crippen molar-refractivity contribution >= 4 is 29.3 Å². The molecule has 104 heavy (non-hydrogen) atoms. The fraction of sp³-hybridized carbons (Fsp3) is 0.420. The molecule has 3 aliphatic heterocycles. The minimum absolute atomic E-state index is 0.0671. The van der Waals surface area contributed by atoms with Crippen molar-refractivity contribution in [2.75, 3.05) is 79.2 Å². The van der Waals surface area contributed by atoms with Crippen molar-refractivity contribution in [1.82, 2.24) is 31.1 Å². The van der Waals surface area contributed by atoms with Gasteiger partial charge in [-0.05, 0) is 192 Å². The highest BCUT2D eigenvalue weighted by molar-refractivity contribution is 6.31. The van der Waals surface area contributed by atoms with Crippen molar-refractivity contribution in [2.45, 2.75) is 160 Å². The number of hydrogen-bond acceptors (Lipinski definition) is 12. The molecule has 3 heterocycles. The second-order valence-electron chi connectivity index (χ2n) is 28.4. The second-order valence-corrected chi connectivity index (χ2v) is 28.8. The van der Waals surface area contributed by atoms with E-state index in [0.717, 1.165) is 134 Å². The molecule has 8 aromatic carbocycles. The number of Topliss-reactive ketones (excluding diaryl/α,β-unsaturated/α-hetero) is 1. The molecule has 13 nitrogen and oxygen atoms in total. The van der Waals surface area contributed by atoms with Crippen LogP contribution in [0.25, 0.3) is 0 Å². The first-order chi connectivity index (χ1) is 50.4. The molecule has 1 aliphatic carbocycles. The number of methoxy groups -OCH3 is 1. The largest absolute Gasteiger partial charge is 0.481 e. The summed E-state index contributed by atoms with van der Waals surface area (Å²) < 4.78 is 43.7. The second kappa shape index (κ2) is 44.2. The zero-order valence-electron chi connectivity index (χ0n) is 61.9. The summed E-state index contributed by atoms with van der Waals surface area (Å²) in [6.45, 7) is 20.6. The van der Waals surface area contributed by atoms with Gasteiger partial charge in [0.2, 0.25) is 0 Å². The predicted octanol–water partition coefficient (Wildman–Crippen LogP) is 16.9. The molecule has 3 saturated heterocycles. The van der Waals surface area contributed by atoms with Crippen molar-refractivity contribution in [3.63, 3.8) is 0 Å². The van der Waals surface area contributed by atoms with Gasteiger partial charge in [-0.25, -0.2) is 8.78 Å². The Morgan fingerprint density at radius 3 is 1.77 bits per heavy atom. The maximum absolute atomic E-state index is 13.4. The number of benzene rings is 8. The molecule has 4 aliphatic rings. The van der Waals surface area contributed by atoms with E-state index in [0.29, 0.717) is 23.2 Å². The maximum Gasteiger partial charge on any atom is 0.314 e. The van der Waals surface area contributed by atoms with E-state index >= 15 is 0 Å². The number of esters is 1. The minimum Gasteiger partial charge on any atom is -0.481 e. The van der Waals surface area contributed by atoms with Crippen molar-refractivity contribution in [2.24, 2.45) is 0 Å². The zero-order chi connectivity index (χ0) is 73.9. The SMILES string of the molecule is CC(NC(C)(C)C)C(=O)c1cccc(Cl)c1.CC1NCCOC1c1ccccc1.COC(=O)C(c1ccccc1)C1CCCCN1.Fc1ccc(C(OCCN2CCN(CCCc3ccccc3)CC2)c2ccc(F)cc2)cc1.O=C(O)CCCCCCNC1c2ccccc2CCc2ccccc21. The highest BCUT2D eigenvalue weighted by Gasteiger charge is 2.32. The van der Waals surface area contributed by atoms with Gasteiger partial charge in [0.05, 0.1) is 44.4 Å². The van der Waals surface area contributed by atoms with E-state index in [9.17, 15) is 23.2 Å². The van der Waals surface area contributed by atoms with Gasteiger partial charge < -0.3 is 45.5 Å². The van der Waals surface area contributed by atoms with Crippen LogP contribution in [0.2, 0.25) is 5.02 Å². The van der Waals surface area contributed by atoms with Gasteiger partial charge in [0.15, 0.2) is 5.78 Å². The van der Waals surface area contributed by atoms with Gasteiger partial charge in [-0.15, -0.1) is 0 Å². The molecular formula is C88H111ClF2N6O7. The summed E-state index contributed by atoms with van der Waals surface area (Å²) >= 11 is 5.85. The minimum atomic E-state index is -0.690. The van der Waals surface area contributed by atoms with E-state index in [1.54, 1.807) is 48.5 Å². The number of nitrogens with zero attached hydrogens (tertiary/aromatic N) is 2. The quantitative estimate of drug-likeness (QED) is 0.0210. The van der Waals surface area contributed by atoms with Crippen LogP contribution in [0.1, 0.15) is 177 Å². The first kappa shape index (κ1) is 81.9. The summed E-state index contributed by atoms with van der Waals surface area (Å²) in [4.78, 5) is 39.5. The van der Waals surface area contributed by atoms with Crippen molar-refractivity contribution in [3.8, 4) is 0 Å². The third-order valence-corrected chi connectivity index (χ3v) is 19.5. The molecule has 5 unspecified atom stereocenters. The predicted molar refractivity (Wildman–Crippen MR) is 417 cm³/mol. The molecule has 556 valence electrons. The van der Waals surface area contributed by atoms with Gasteiger partial charge in [0.1, 0.15) is 17.7 Å². The summed E-state index contributed by atoms with van der Waals surface area (Å²) in [5.74, 6) is -1.50. The van der Waals surface area contributed by atoms with Crippen LogP contribution in [-0.4, -0.2) is 136 Å². The number of piperidine rings is 1. The van der Waals surface area contributed by atoms with Crippen LogP contribution in [0.3, 0.4) is 0 Å². The lowest BCUT2D eigenvalue weighted by Gasteiger charge is -2.35. The summed E-state index contributed by atoms with van der Waals surface area (Å²) in [6, 6.07) is 68.9. The number of hydrogen-bond donors (Lipinski definition) is 5. The Kier molecular flexibility index (Phi) is 34.8. The molecule has 16 heteroatoms. The zero-order valence-corrected chi connectivity index (χ0v) is 62.7. The number of morpholine rings is 1. The molecular weight excluding hydrogens is 1330 g/mol. The van der Waals surface area contributed by atoms with Gasteiger partial charge >= 0.3 is 11.9 Å². The number of fused-ring (bicyclic) bond motifs is 2.